The molecule has 0 aromatic heterocycles. The van der Waals surface area contributed by atoms with Crippen molar-refractivity contribution >= 4 is 35.0 Å². The highest BCUT2D eigenvalue weighted by Crippen LogP contribution is 2.25. The number of rotatable bonds is 7. The summed E-state index contributed by atoms with van der Waals surface area (Å²) < 4.78 is 0. The number of benzene rings is 1. The van der Waals surface area contributed by atoms with Gasteiger partial charge in [-0.15, -0.1) is 0 Å². The van der Waals surface area contributed by atoms with E-state index in [1.807, 2.05) is 6.92 Å². The van der Waals surface area contributed by atoms with Gasteiger partial charge in [0.1, 0.15) is 0 Å². The Kier molecular flexibility index (Phi) is 7.50. The second kappa shape index (κ2) is 8.87. The van der Waals surface area contributed by atoms with E-state index >= 15 is 0 Å². The summed E-state index contributed by atoms with van der Waals surface area (Å²) in [7, 11) is 0. The first-order valence-corrected chi connectivity index (χ1v) is 7.35. The van der Waals surface area contributed by atoms with E-state index in [9.17, 15) is 14.7 Å². The number of halogens is 2. The van der Waals surface area contributed by atoms with E-state index in [2.05, 4.69) is 10.6 Å². The zero-order chi connectivity index (χ0) is 15.8. The molecular formula is C14H18Cl2N2O3. The van der Waals surface area contributed by atoms with Gasteiger partial charge in [-0.1, -0.05) is 30.1 Å². The lowest BCUT2D eigenvalue weighted by Crippen LogP contribution is -2.37. The van der Waals surface area contributed by atoms with Crippen molar-refractivity contribution < 1.29 is 14.7 Å². The Morgan fingerprint density at radius 3 is 2.33 bits per heavy atom. The van der Waals surface area contributed by atoms with Crippen LogP contribution in [0.2, 0.25) is 10.0 Å². The van der Waals surface area contributed by atoms with Crippen molar-refractivity contribution in [2.75, 3.05) is 13.1 Å². The molecule has 5 nitrogen and oxygen atoms in total. The van der Waals surface area contributed by atoms with Crippen LogP contribution >= 0.6 is 23.2 Å². The van der Waals surface area contributed by atoms with Crippen LogP contribution in [0.4, 0.5) is 0 Å². The van der Waals surface area contributed by atoms with Crippen molar-refractivity contribution in [3.63, 3.8) is 0 Å². The van der Waals surface area contributed by atoms with Crippen LogP contribution < -0.4 is 10.6 Å². The Bertz CT molecular complexity index is 489. The van der Waals surface area contributed by atoms with Gasteiger partial charge < -0.3 is 15.7 Å². The predicted octanol–water partition coefficient (Wildman–Crippen LogP) is 2.06. The predicted molar refractivity (Wildman–Crippen MR) is 82.3 cm³/mol. The van der Waals surface area contributed by atoms with Gasteiger partial charge in [-0.3, -0.25) is 9.59 Å². The molecular weight excluding hydrogens is 315 g/mol. The molecule has 0 radical (unpaired) electrons. The molecule has 2 amide bonds. The van der Waals surface area contributed by atoms with E-state index in [4.69, 9.17) is 23.2 Å². The van der Waals surface area contributed by atoms with Crippen molar-refractivity contribution in [2.24, 2.45) is 0 Å². The summed E-state index contributed by atoms with van der Waals surface area (Å²) in [4.78, 5) is 23.0. The molecule has 1 aromatic carbocycles. The molecule has 0 fully saturated rings. The number of carbonyl (C=O) groups is 2. The van der Waals surface area contributed by atoms with Crippen LogP contribution in [-0.4, -0.2) is 30.0 Å². The lowest BCUT2D eigenvalue weighted by Gasteiger charge is -2.12. The molecule has 1 rings (SSSR count). The second-order valence-corrected chi connectivity index (χ2v) is 5.42. The zero-order valence-corrected chi connectivity index (χ0v) is 13.2. The van der Waals surface area contributed by atoms with Crippen LogP contribution in [0, 0.1) is 0 Å². The van der Waals surface area contributed by atoms with Gasteiger partial charge in [0.25, 0.3) is 0 Å². The lowest BCUT2D eigenvalue weighted by molar-refractivity contribution is -0.127. The van der Waals surface area contributed by atoms with Crippen LogP contribution in [0.5, 0.6) is 0 Å². The van der Waals surface area contributed by atoms with Crippen LogP contribution in [0.25, 0.3) is 0 Å². The number of nitrogens with one attached hydrogen (secondary N) is 2. The third-order valence-electron chi connectivity index (χ3n) is 2.67. The van der Waals surface area contributed by atoms with Gasteiger partial charge >= 0.3 is 0 Å². The molecule has 0 saturated heterocycles. The van der Waals surface area contributed by atoms with Crippen molar-refractivity contribution in [1.29, 1.82) is 0 Å². The second-order valence-electron chi connectivity index (χ2n) is 4.55. The van der Waals surface area contributed by atoms with Gasteiger partial charge in [-0.2, -0.15) is 0 Å². The van der Waals surface area contributed by atoms with Gasteiger partial charge in [0.15, 0.2) is 0 Å². The molecule has 7 heteroatoms. The number of aliphatic hydroxyl groups excluding tert-OH is 1. The molecule has 0 bridgehead atoms. The molecule has 1 aromatic rings. The van der Waals surface area contributed by atoms with Crippen LogP contribution in [0.15, 0.2) is 18.2 Å². The third kappa shape index (κ3) is 6.80. The highest BCUT2D eigenvalue weighted by molar-refractivity contribution is 6.34. The number of aliphatic hydroxyl groups is 1. The van der Waals surface area contributed by atoms with Gasteiger partial charge in [-0.05, 0) is 30.2 Å². The van der Waals surface area contributed by atoms with E-state index in [1.54, 1.807) is 12.1 Å². The topological polar surface area (TPSA) is 78.4 Å². The maximum atomic E-state index is 11.7. The Balaban J connectivity index is 2.45. The molecule has 0 aliphatic carbocycles. The minimum atomic E-state index is -1.03. The molecule has 1 atom stereocenters. The van der Waals surface area contributed by atoms with Crippen LogP contribution in [-0.2, 0) is 9.59 Å². The fraction of sp³-hybridized carbons (Fsp3) is 0.429. The number of carbonyl (C=O) groups excluding carboxylic acids is 2. The van der Waals surface area contributed by atoms with E-state index in [0.717, 1.165) is 6.42 Å². The van der Waals surface area contributed by atoms with Gasteiger partial charge in [-0.25, -0.2) is 0 Å². The van der Waals surface area contributed by atoms with E-state index < -0.39 is 12.0 Å². The van der Waals surface area contributed by atoms with Crippen molar-refractivity contribution in [1.82, 2.24) is 10.6 Å². The average Bonchev–Trinajstić information content (AvgIpc) is 2.41. The molecule has 0 aliphatic rings. The summed E-state index contributed by atoms with van der Waals surface area (Å²) >= 11 is 11.7. The highest BCUT2D eigenvalue weighted by atomic mass is 35.5. The molecule has 0 saturated carbocycles. The Labute approximate surface area is 133 Å². The number of hydrogen-bond acceptors (Lipinski definition) is 3. The maximum Gasteiger partial charge on any atom is 0.239 e. The molecule has 3 N–H and O–H groups in total. The van der Waals surface area contributed by atoms with E-state index in [0.29, 0.717) is 22.2 Å². The minimum Gasteiger partial charge on any atom is -0.388 e. The average molecular weight is 333 g/mol. The first-order valence-electron chi connectivity index (χ1n) is 6.59. The Morgan fingerprint density at radius 1 is 1.14 bits per heavy atom. The standard InChI is InChI=1S/C14H18Cl2N2O3/c1-2-3-17-14(21)8-18-13(20)7-12(19)9-4-10(15)6-11(16)5-9/h4-6,12,19H,2-3,7-8H2,1H3,(H,17,21)(H,18,20). The van der Waals surface area contributed by atoms with Crippen molar-refractivity contribution in [3.05, 3.63) is 33.8 Å². The minimum absolute atomic E-state index is 0.109. The van der Waals surface area contributed by atoms with E-state index in [-0.39, 0.29) is 18.9 Å². The Morgan fingerprint density at radius 2 is 1.76 bits per heavy atom. The third-order valence-corrected chi connectivity index (χ3v) is 3.10. The summed E-state index contributed by atoms with van der Waals surface area (Å²) in [5, 5.41) is 15.8. The lowest BCUT2D eigenvalue weighted by atomic mass is 10.1. The van der Waals surface area contributed by atoms with Crippen molar-refractivity contribution in [3.8, 4) is 0 Å². The first-order chi connectivity index (χ1) is 9.92. The summed E-state index contributed by atoms with van der Waals surface area (Å²) in [6.07, 6.45) is -0.369. The van der Waals surface area contributed by atoms with E-state index in [1.165, 1.54) is 6.07 Å². The zero-order valence-electron chi connectivity index (χ0n) is 11.7. The summed E-state index contributed by atoms with van der Waals surface area (Å²) in [5.41, 5.74) is 0.457. The monoisotopic (exact) mass is 332 g/mol. The fourth-order valence-corrected chi connectivity index (χ4v) is 2.18. The molecule has 0 aliphatic heterocycles. The molecule has 116 valence electrons. The number of hydrogen-bond donors (Lipinski definition) is 3. The highest BCUT2D eigenvalue weighted by Gasteiger charge is 2.15. The molecule has 1 unspecified atom stereocenters. The smallest absolute Gasteiger partial charge is 0.239 e. The maximum absolute atomic E-state index is 11.7. The first kappa shape index (κ1) is 17.8. The van der Waals surface area contributed by atoms with Crippen LogP contribution in [0.1, 0.15) is 31.4 Å². The summed E-state index contributed by atoms with van der Waals surface area (Å²) in [6, 6.07) is 4.62. The number of amides is 2. The van der Waals surface area contributed by atoms with Crippen LogP contribution in [0.3, 0.4) is 0 Å². The fourth-order valence-electron chi connectivity index (χ4n) is 1.64. The Hall–Kier alpha value is -1.30. The normalized spacial score (nSPS) is 11.8. The van der Waals surface area contributed by atoms with Gasteiger partial charge in [0, 0.05) is 16.6 Å². The van der Waals surface area contributed by atoms with Gasteiger partial charge in [0.2, 0.25) is 11.8 Å². The van der Waals surface area contributed by atoms with Crippen molar-refractivity contribution in [2.45, 2.75) is 25.9 Å². The molecule has 0 heterocycles. The summed E-state index contributed by atoms with van der Waals surface area (Å²) in [6.45, 7) is 2.39. The molecule has 21 heavy (non-hydrogen) atoms. The quantitative estimate of drug-likeness (QED) is 0.715. The SMILES string of the molecule is CCCNC(=O)CNC(=O)CC(O)c1cc(Cl)cc(Cl)c1. The molecule has 0 spiro atoms. The largest absolute Gasteiger partial charge is 0.388 e. The van der Waals surface area contributed by atoms with Gasteiger partial charge in [0.05, 0.1) is 19.1 Å². The summed E-state index contributed by atoms with van der Waals surface area (Å²) in [5.74, 6) is -0.685.